The van der Waals surface area contributed by atoms with Gasteiger partial charge in [-0.3, -0.25) is 0 Å². The third kappa shape index (κ3) is 8.52. The van der Waals surface area contributed by atoms with Crippen molar-refractivity contribution in [2.75, 3.05) is 19.6 Å². The van der Waals surface area contributed by atoms with E-state index in [1.165, 1.54) is 44.1 Å². The third-order valence-electron chi connectivity index (χ3n) is 13.7. The van der Waals surface area contributed by atoms with Crippen molar-refractivity contribution in [2.45, 2.75) is 25.3 Å². The number of nitrogens with zero attached hydrogens (tertiary/aromatic N) is 4. The van der Waals surface area contributed by atoms with Crippen LogP contribution in [-0.4, -0.2) is 6.04 Å². The van der Waals surface area contributed by atoms with Gasteiger partial charge in [0, 0.05) is 62.6 Å². The van der Waals surface area contributed by atoms with Crippen LogP contribution in [0.15, 0.2) is 273 Å². The molecule has 10 aromatic carbocycles. The monoisotopic (exact) mass is 900 g/mol. The van der Waals surface area contributed by atoms with Crippen molar-refractivity contribution in [3.8, 4) is 0 Å². The molecular weight excluding hydrogens is 849 g/mol. The Kier molecular flexibility index (Phi) is 11.6. The van der Waals surface area contributed by atoms with Crippen LogP contribution >= 0.6 is 0 Å². The lowest BCUT2D eigenvalue weighted by atomic mass is 9.92. The van der Waals surface area contributed by atoms with Gasteiger partial charge in [-0.05, 0) is 179 Å². The third-order valence-corrected chi connectivity index (χ3v) is 13.7. The van der Waals surface area contributed by atoms with Gasteiger partial charge in [-0.15, -0.1) is 0 Å². The summed E-state index contributed by atoms with van der Waals surface area (Å²) in [6.45, 7) is 0. The van der Waals surface area contributed by atoms with E-state index in [0.717, 1.165) is 70.4 Å². The van der Waals surface area contributed by atoms with Crippen molar-refractivity contribution >= 4 is 84.5 Å². The van der Waals surface area contributed by atoms with Crippen LogP contribution in [0.1, 0.15) is 24.0 Å². The predicted octanol–water partition coefficient (Wildman–Crippen LogP) is 18.1. The molecule has 336 valence electrons. The fraction of sp³-hybridized carbons (Fsp3) is 0.0606. The summed E-state index contributed by atoms with van der Waals surface area (Å²) in [6, 6.07) is 88.2. The van der Waals surface area contributed by atoms with E-state index in [1.807, 2.05) is 0 Å². The van der Waals surface area contributed by atoms with E-state index in [2.05, 4.69) is 293 Å². The van der Waals surface area contributed by atoms with Crippen LogP contribution in [0.3, 0.4) is 0 Å². The topological polar surface area (TPSA) is 13.0 Å². The molecule has 1 atom stereocenters. The van der Waals surface area contributed by atoms with Gasteiger partial charge in [-0.2, -0.15) is 0 Å². The Bertz CT molecular complexity index is 3520. The Morgan fingerprint density at radius 3 is 1.29 bits per heavy atom. The lowest BCUT2D eigenvalue weighted by Crippen LogP contribution is -2.32. The molecule has 2 aliphatic rings. The van der Waals surface area contributed by atoms with E-state index < -0.39 is 0 Å². The molecule has 0 fully saturated rings. The lowest BCUT2D eigenvalue weighted by molar-refractivity contribution is 0.766. The standard InChI is InChI=1S/C66H52N4/c1-4-22-55(23-5-1)68(64-31-28-49-16-10-13-19-52(49)46-64)61-40-34-58(35-41-61)67(59-36-42-62(43-37-59)69(56-24-6-2-7-25-56)65-32-29-50-17-11-14-20-53(50)47-65)60-38-44-63(45-39-60)70(57-26-8-3-9-27-57)66-33-30-51-18-12-15-21-54(51)48-66/h1-2,4-8,10-46,48,65H,3,9,47H2. The van der Waals surface area contributed by atoms with E-state index in [4.69, 9.17) is 0 Å². The van der Waals surface area contributed by atoms with Gasteiger partial charge in [0.1, 0.15) is 0 Å². The molecule has 0 spiro atoms. The van der Waals surface area contributed by atoms with Crippen LogP contribution in [0, 0.1) is 0 Å². The van der Waals surface area contributed by atoms with Crippen LogP contribution in [0.25, 0.3) is 27.6 Å². The smallest absolute Gasteiger partial charge is 0.0566 e. The summed E-state index contributed by atoms with van der Waals surface area (Å²) in [4.78, 5) is 9.59. The molecule has 0 amide bonds. The maximum atomic E-state index is 2.48. The second kappa shape index (κ2) is 19.0. The number of hydrogen-bond donors (Lipinski definition) is 0. The van der Waals surface area contributed by atoms with E-state index in [-0.39, 0.29) is 6.04 Å². The normalized spacial score (nSPS) is 13.9. The van der Waals surface area contributed by atoms with Crippen LogP contribution in [0.2, 0.25) is 0 Å². The summed E-state index contributed by atoms with van der Waals surface area (Å²) in [5.41, 5.74) is 14.9. The number of benzene rings is 10. The highest BCUT2D eigenvalue weighted by atomic mass is 15.2. The van der Waals surface area contributed by atoms with Crippen molar-refractivity contribution in [3.05, 3.63) is 284 Å². The zero-order valence-electron chi connectivity index (χ0n) is 39.0. The second-order valence-corrected chi connectivity index (χ2v) is 18.1. The molecule has 0 radical (unpaired) electrons. The average Bonchev–Trinajstić information content (AvgIpc) is 3.43. The summed E-state index contributed by atoms with van der Waals surface area (Å²) in [6.07, 6.45) is 14.5. The molecule has 0 N–H and O–H groups in total. The molecule has 0 bridgehead atoms. The number of allylic oxidation sites excluding steroid dienone is 3. The molecule has 0 aliphatic heterocycles. The zero-order valence-corrected chi connectivity index (χ0v) is 39.0. The average molecular weight is 901 g/mol. The van der Waals surface area contributed by atoms with Crippen LogP contribution in [0.4, 0.5) is 56.9 Å². The molecule has 1 unspecified atom stereocenters. The van der Waals surface area contributed by atoms with Crippen molar-refractivity contribution in [3.63, 3.8) is 0 Å². The first-order valence-corrected chi connectivity index (χ1v) is 24.4. The van der Waals surface area contributed by atoms with Crippen LogP contribution in [-0.2, 0) is 6.42 Å². The molecule has 0 heterocycles. The van der Waals surface area contributed by atoms with E-state index in [9.17, 15) is 0 Å². The van der Waals surface area contributed by atoms with Gasteiger partial charge in [-0.25, -0.2) is 0 Å². The molecule has 0 aromatic heterocycles. The van der Waals surface area contributed by atoms with Gasteiger partial charge in [0.25, 0.3) is 0 Å². The highest BCUT2D eigenvalue weighted by Gasteiger charge is 2.24. The summed E-state index contributed by atoms with van der Waals surface area (Å²) < 4.78 is 0. The van der Waals surface area contributed by atoms with Gasteiger partial charge >= 0.3 is 0 Å². The van der Waals surface area contributed by atoms with Crippen molar-refractivity contribution < 1.29 is 0 Å². The minimum absolute atomic E-state index is 0.161. The first kappa shape index (κ1) is 42.5. The second-order valence-electron chi connectivity index (χ2n) is 18.1. The molecule has 4 heteroatoms. The number of fused-ring (bicyclic) bond motifs is 3. The Balaban J connectivity index is 0.946. The van der Waals surface area contributed by atoms with E-state index in [0.29, 0.717) is 0 Å². The van der Waals surface area contributed by atoms with Gasteiger partial charge in [0.05, 0.1) is 6.04 Å². The largest absolute Gasteiger partial charge is 0.334 e. The van der Waals surface area contributed by atoms with E-state index >= 15 is 0 Å². The fourth-order valence-electron chi connectivity index (χ4n) is 10.3. The first-order valence-electron chi connectivity index (χ1n) is 24.4. The number of hydrogen-bond acceptors (Lipinski definition) is 4. The summed E-state index contributed by atoms with van der Waals surface area (Å²) in [5, 5.41) is 4.89. The summed E-state index contributed by atoms with van der Waals surface area (Å²) >= 11 is 0. The van der Waals surface area contributed by atoms with Gasteiger partial charge in [0.15, 0.2) is 0 Å². The lowest BCUT2D eigenvalue weighted by Gasteiger charge is -2.35. The molecule has 2 aliphatic carbocycles. The van der Waals surface area contributed by atoms with Crippen LogP contribution < -0.4 is 19.6 Å². The zero-order chi connectivity index (χ0) is 46.6. The molecular formula is C66H52N4. The van der Waals surface area contributed by atoms with E-state index in [1.54, 1.807) is 0 Å². The Morgan fingerprint density at radius 1 is 0.314 bits per heavy atom. The Labute approximate surface area is 411 Å². The van der Waals surface area contributed by atoms with Crippen molar-refractivity contribution in [1.82, 2.24) is 0 Å². The minimum Gasteiger partial charge on any atom is -0.334 e. The predicted molar refractivity (Wildman–Crippen MR) is 297 cm³/mol. The molecule has 0 saturated heterocycles. The highest BCUT2D eigenvalue weighted by molar-refractivity contribution is 5.91. The number of anilines is 10. The highest BCUT2D eigenvalue weighted by Crippen LogP contribution is 2.43. The maximum absolute atomic E-state index is 2.48. The fourth-order valence-corrected chi connectivity index (χ4v) is 10.3. The van der Waals surface area contributed by atoms with Crippen molar-refractivity contribution in [2.24, 2.45) is 0 Å². The summed E-state index contributed by atoms with van der Waals surface area (Å²) in [7, 11) is 0. The number of rotatable bonds is 12. The minimum atomic E-state index is 0.161. The molecule has 0 saturated carbocycles. The van der Waals surface area contributed by atoms with Crippen LogP contribution in [0.5, 0.6) is 0 Å². The van der Waals surface area contributed by atoms with Crippen molar-refractivity contribution in [1.29, 1.82) is 0 Å². The van der Waals surface area contributed by atoms with Gasteiger partial charge < -0.3 is 19.6 Å². The molecule has 4 nitrogen and oxygen atoms in total. The molecule has 12 rings (SSSR count). The van der Waals surface area contributed by atoms with Gasteiger partial charge in [-0.1, -0.05) is 146 Å². The summed E-state index contributed by atoms with van der Waals surface area (Å²) in [5.74, 6) is 0. The molecule has 70 heavy (non-hydrogen) atoms. The quantitative estimate of drug-likeness (QED) is 0.121. The first-order chi connectivity index (χ1) is 34.7. The molecule has 10 aromatic rings. The Morgan fingerprint density at radius 2 is 0.729 bits per heavy atom. The number of para-hydroxylation sites is 2. The SMILES string of the molecule is C1=CC(N(c2ccc(N(c3ccc(N(c4ccccc4)c4ccc5ccccc5c4)cc3)c3ccc(N(c4ccccc4)C4C=Cc5ccccc5C4)cc3)cc2)c2ccc3ccccc3c2)=CCC1. The maximum Gasteiger partial charge on any atom is 0.0566 e. The van der Waals surface area contributed by atoms with Gasteiger partial charge in [0.2, 0.25) is 0 Å². The Hall–Kier alpha value is -8.86.